The number of anilines is 1. The van der Waals surface area contributed by atoms with Crippen LogP contribution in [-0.2, 0) is 32.6 Å². The summed E-state index contributed by atoms with van der Waals surface area (Å²) >= 11 is 6.29. The molecule has 3 aromatic rings. The van der Waals surface area contributed by atoms with Gasteiger partial charge in [0, 0.05) is 24.0 Å². The number of carbonyl (C=O) groups is 2. The van der Waals surface area contributed by atoms with E-state index < -0.39 is 28.5 Å². The van der Waals surface area contributed by atoms with Crippen molar-refractivity contribution in [2.24, 2.45) is 0 Å². The zero-order valence-electron chi connectivity index (χ0n) is 22.8. The number of rotatable bonds is 12. The van der Waals surface area contributed by atoms with E-state index in [0.29, 0.717) is 16.3 Å². The highest BCUT2D eigenvalue weighted by Gasteiger charge is 2.33. The first-order chi connectivity index (χ1) is 18.5. The zero-order chi connectivity index (χ0) is 28.6. The van der Waals surface area contributed by atoms with Crippen LogP contribution in [0.3, 0.4) is 0 Å². The third-order valence-electron chi connectivity index (χ3n) is 6.65. The lowest BCUT2D eigenvalue weighted by molar-refractivity contribution is -0.140. The van der Waals surface area contributed by atoms with Crippen LogP contribution in [0.25, 0.3) is 0 Å². The first kappa shape index (κ1) is 30.2. The molecule has 7 nitrogen and oxygen atoms in total. The van der Waals surface area contributed by atoms with Gasteiger partial charge in [-0.25, -0.2) is 8.42 Å². The van der Waals surface area contributed by atoms with Crippen molar-refractivity contribution in [3.05, 3.63) is 101 Å². The molecule has 0 aliphatic rings. The van der Waals surface area contributed by atoms with Gasteiger partial charge in [0.25, 0.3) is 0 Å². The monoisotopic (exact) mass is 569 g/mol. The van der Waals surface area contributed by atoms with Gasteiger partial charge in [-0.3, -0.25) is 13.9 Å². The van der Waals surface area contributed by atoms with Crippen LogP contribution in [0.5, 0.6) is 0 Å². The largest absolute Gasteiger partial charge is 0.352 e. The van der Waals surface area contributed by atoms with E-state index in [9.17, 15) is 18.0 Å². The molecule has 3 rings (SSSR count). The van der Waals surface area contributed by atoms with Crippen LogP contribution in [0.1, 0.15) is 37.0 Å². The Morgan fingerprint density at radius 3 is 2.08 bits per heavy atom. The summed E-state index contributed by atoms with van der Waals surface area (Å²) in [5.74, 6) is -0.786. The molecule has 1 N–H and O–H groups in total. The van der Waals surface area contributed by atoms with Crippen LogP contribution in [0.2, 0.25) is 5.02 Å². The van der Waals surface area contributed by atoms with Crippen LogP contribution in [-0.4, -0.2) is 50.0 Å². The Labute approximate surface area is 236 Å². The fourth-order valence-electron chi connectivity index (χ4n) is 4.24. The van der Waals surface area contributed by atoms with Crippen molar-refractivity contribution in [1.82, 2.24) is 10.2 Å². The molecule has 0 radical (unpaired) electrons. The number of hydrogen-bond donors (Lipinski definition) is 1. The van der Waals surface area contributed by atoms with Crippen molar-refractivity contribution in [3.63, 3.8) is 0 Å². The predicted octanol–water partition coefficient (Wildman–Crippen LogP) is 4.97. The van der Waals surface area contributed by atoms with Crippen molar-refractivity contribution >= 4 is 39.1 Å². The molecule has 9 heteroatoms. The van der Waals surface area contributed by atoms with Gasteiger partial charge in [0.15, 0.2) is 0 Å². The summed E-state index contributed by atoms with van der Waals surface area (Å²) in [7, 11) is -3.86. The molecule has 208 valence electrons. The normalized spacial score (nSPS) is 12.8. The smallest absolute Gasteiger partial charge is 0.244 e. The van der Waals surface area contributed by atoms with Crippen molar-refractivity contribution < 1.29 is 18.0 Å². The molecule has 0 aliphatic carbocycles. The molecule has 2 atom stereocenters. The van der Waals surface area contributed by atoms with Gasteiger partial charge in [-0.15, -0.1) is 0 Å². The Morgan fingerprint density at radius 1 is 0.923 bits per heavy atom. The van der Waals surface area contributed by atoms with E-state index in [0.717, 1.165) is 28.1 Å². The number of benzene rings is 3. The number of amides is 2. The van der Waals surface area contributed by atoms with Crippen LogP contribution >= 0.6 is 11.6 Å². The summed E-state index contributed by atoms with van der Waals surface area (Å²) in [5.41, 5.74) is 2.58. The van der Waals surface area contributed by atoms with Crippen LogP contribution in [0, 0.1) is 6.92 Å². The fourth-order valence-corrected chi connectivity index (χ4v) is 5.31. The Morgan fingerprint density at radius 2 is 1.51 bits per heavy atom. The highest BCUT2D eigenvalue weighted by atomic mass is 35.5. The Balaban J connectivity index is 2.06. The molecule has 0 unspecified atom stereocenters. The second-order valence-electron chi connectivity index (χ2n) is 9.68. The summed E-state index contributed by atoms with van der Waals surface area (Å²) in [6.07, 6.45) is 2.06. The highest BCUT2D eigenvalue weighted by molar-refractivity contribution is 7.92. The molecule has 0 bridgehead atoms. The van der Waals surface area contributed by atoms with Crippen molar-refractivity contribution in [2.75, 3.05) is 17.1 Å². The molecule has 3 aromatic carbocycles. The minimum Gasteiger partial charge on any atom is -0.352 e. The SMILES string of the molecule is CC[C@@H](C)NC(=O)[C@H](Cc1ccccc1)N(Cc1ccccc1)C(=O)CN(c1cccc(Cl)c1C)S(C)(=O)=O. The summed E-state index contributed by atoms with van der Waals surface area (Å²) in [6.45, 7) is 5.25. The molecule has 2 amide bonds. The minimum atomic E-state index is -3.86. The summed E-state index contributed by atoms with van der Waals surface area (Å²) in [6, 6.07) is 22.8. The van der Waals surface area contributed by atoms with Gasteiger partial charge < -0.3 is 10.2 Å². The van der Waals surface area contributed by atoms with Gasteiger partial charge in [0.05, 0.1) is 11.9 Å². The lowest BCUT2D eigenvalue weighted by Crippen LogP contribution is -2.54. The second kappa shape index (κ2) is 13.6. The summed E-state index contributed by atoms with van der Waals surface area (Å²) in [4.78, 5) is 29.2. The molecule has 39 heavy (non-hydrogen) atoms. The Hall–Kier alpha value is -3.36. The van der Waals surface area contributed by atoms with E-state index >= 15 is 0 Å². The third kappa shape index (κ3) is 8.31. The van der Waals surface area contributed by atoms with Gasteiger partial charge >= 0.3 is 0 Å². The third-order valence-corrected chi connectivity index (χ3v) is 8.19. The number of sulfonamides is 1. The van der Waals surface area contributed by atoms with Gasteiger partial charge in [-0.05, 0) is 49.1 Å². The fraction of sp³-hybridized carbons (Fsp3) is 0.333. The lowest BCUT2D eigenvalue weighted by Gasteiger charge is -2.34. The topological polar surface area (TPSA) is 86.8 Å². The van der Waals surface area contributed by atoms with E-state index in [-0.39, 0.29) is 24.9 Å². The molecular weight excluding hydrogens is 534 g/mol. The lowest BCUT2D eigenvalue weighted by atomic mass is 10.0. The average Bonchev–Trinajstić information content (AvgIpc) is 2.91. The Bertz CT molecular complexity index is 1370. The Kier molecular flexibility index (Phi) is 10.5. The van der Waals surface area contributed by atoms with E-state index in [1.54, 1.807) is 25.1 Å². The molecule has 0 aliphatic heterocycles. The van der Waals surface area contributed by atoms with Crippen LogP contribution in [0.4, 0.5) is 5.69 Å². The van der Waals surface area contributed by atoms with Crippen LogP contribution < -0.4 is 9.62 Å². The summed E-state index contributed by atoms with van der Waals surface area (Å²) < 4.78 is 26.9. The number of nitrogens with zero attached hydrogens (tertiary/aromatic N) is 2. The molecular formula is C30H36ClN3O4S. The maximum absolute atomic E-state index is 14.1. The average molecular weight is 570 g/mol. The molecule has 0 saturated carbocycles. The van der Waals surface area contributed by atoms with E-state index in [2.05, 4.69) is 5.32 Å². The maximum Gasteiger partial charge on any atom is 0.244 e. The zero-order valence-corrected chi connectivity index (χ0v) is 24.4. The van der Waals surface area contributed by atoms with E-state index in [4.69, 9.17) is 11.6 Å². The number of halogens is 1. The minimum absolute atomic E-state index is 0.0916. The second-order valence-corrected chi connectivity index (χ2v) is 12.0. The molecule has 0 heterocycles. The first-order valence-electron chi connectivity index (χ1n) is 12.9. The number of carbonyl (C=O) groups excluding carboxylic acids is 2. The number of nitrogens with one attached hydrogen (secondary N) is 1. The predicted molar refractivity (Wildman–Crippen MR) is 157 cm³/mol. The number of hydrogen-bond acceptors (Lipinski definition) is 4. The summed E-state index contributed by atoms with van der Waals surface area (Å²) in [5, 5.41) is 3.41. The van der Waals surface area contributed by atoms with E-state index in [1.165, 1.54) is 4.90 Å². The standard InChI is InChI=1S/C30H36ClN3O4S/c1-5-22(2)32-30(36)28(19-24-13-8-6-9-14-24)33(20-25-15-10-7-11-16-25)29(35)21-34(39(4,37)38)27-18-12-17-26(31)23(27)3/h6-18,22,28H,5,19-21H2,1-4H3,(H,32,36)/t22-,28+/m1/s1. The van der Waals surface area contributed by atoms with Crippen molar-refractivity contribution in [3.8, 4) is 0 Å². The molecule has 0 aromatic heterocycles. The van der Waals surface area contributed by atoms with Gasteiger partial charge in [-0.2, -0.15) is 0 Å². The molecule has 0 fully saturated rings. The first-order valence-corrected chi connectivity index (χ1v) is 15.1. The highest BCUT2D eigenvalue weighted by Crippen LogP contribution is 2.28. The molecule has 0 saturated heterocycles. The molecule has 0 spiro atoms. The van der Waals surface area contributed by atoms with E-state index in [1.807, 2.05) is 74.5 Å². The van der Waals surface area contributed by atoms with Gasteiger partial charge in [0.1, 0.15) is 12.6 Å². The van der Waals surface area contributed by atoms with Gasteiger partial charge in [-0.1, -0.05) is 85.3 Å². The van der Waals surface area contributed by atoms with Gasteiger partial charge in [0.2, 0.25) is 21.8 Å². The van der Waals surface area contributed by atoms with Crippen LogP contribution in [0.15, 0.2) is 78.9 Å². The maximum atomic E-state index is 14.1. The van der Waals surface area contributed by atoms with Crippen molar-refractivity contribution in [2.45, 2.75) is 52.2 Å². The quantitative estimate of drug-likeness (QED) is 0.334. The van der Waals surface area contributed by atoms with Crippen molar-refractivity contribution in [1.29, 1.82) is 0 Å².